The molecular formula is C19H32N2. The van der Waals surface area contributed by atoms with Gasteiger partial charge in [0.1, 0.15) is 0 Å². The highest BCUT2D eigenvalue weighted by molar-refractivity contribution is 5.47. The van der Waals surface area contributed by atoms with Crippen LogP contribution in [-0.4, -0.2) is 18.6 Å². The molecule has 118 valence electrons. The summed E-state index contributed by atoms with van der Waals surface area (Å²) in [5.41, 5.74) is 3.43. The van der Waals surface area contributed by atoms with Crippen LogP contribution in [0.25, 0.3) is 0 Å². The van der Waals surface area contributed by atoms with Crippen molar-refractivity contribution >= 4 is 5.69 Å². The van der Waals surface area contributed by atoms with Crippen LogP contribution in [-0.2, 0) is 6.54 Å². The van der Waals surface area contributed by atoms with Gasteiger partial charge in [-0.15, -0.1) is 0 Å². The van der Waals surface area contributed by atoms with Gasteiger partial charge in [0.2, 0.25) is 0 Å². The Morgan fingerprint density at radius 3 is 2.33 bits per heavy atom. The molecule has 0 aromatic heterocycles. The van der Waals surface area contributed by atoms with E-state index in [9.17, 15) is 0 Å². The number of nitrogens with zero attached hydrogens (tertiary/aromatic N) is 1. The average Bonchev–Trinajstić information content (AvgIpc) is 2.57. The quantitative estimate of drug-likeness (QED) is 0.875. The van der Waals surface area contributed by atoms with E-state index in [1.807, 2.05) is 0 Å². The van der Waals surface area contributed by atoms with Crippen molar-refractivity contribution in [3.05, 3.63) is 29.8 Å². The lowest BCUT2D eigenvalue weighted by atomic mass is 9.85. The molecule has 0 spiro atoms. The Morgan fingerprint density at radius 2 is 1.71 bits per heavy atom. The van der Waals surface area contributed by atoms with E-state index in [0.717, 1.165) is 6.54 Å². The van der Waals surface area contributed by atoms with Gasteiger partial charge >= 0.3 is 0 Å². The van der Waals surface area contributed by atoms with Gasteiger partial charge in [0, 0.05) is 30.9 Å². The summed E-state index contributed by atoms with van der Waals surface area (Å²) in [6.07, 6.45) is 3.94. The summed E-state index contributed by atoms with van der Waals surface area (Å²) >= 11 is 0. The molecule has 1 aromatic carbocycles. The number of anilines is 1. The zero-order chi connectivity index (χ0) is 15.5. The molecule has 0 bridgehead atoms. The lowest BCUT2D eigenvalue weighted by molar-refractivity contribution is 0.325. The smallest absolute Gasteiger partial charge is 0.0366 e. The molecule has 1 fully saturated rings. The molecule has 0 amide bonds. The standard InChI is InChI=1S/C19H32N2/c1-18(2,3)20-15-16-7-9-17(10-8-16)21-13-6-11-19(4,5)12-14-21/h7-10,20H,6,11-15H2,1-5H3. The summed E-state index contributed by atoms with van der Waals surface area (Å²) in [5.74, 6) is 0. The van der Waals surface area contributed by atoms with Crippen molar-refractivity contribution in [1.82, 2.24) is 5.32 Å². The van der Waals surface area contributed by atoms with Gasteiger partial charge in [-0.2, -0.15) is 0 Å². The molecule has 0 saturated carbocycles. The van der Waals surface area contributed by atoms with Crippen molar-refractivity contribution in [3.63, 3.8) is 0 Å². The van der Waals surface area contributed by atoms with Crippen molar-refractivity contribution in [2.45, 2.75) is 66.0 Å². The molecule has 1 heterocycles. The Balaban J connectivity index is 1.95. The Labute approximate surface area is 130 Å². The number of rotatable bonds is 3. The van der Waals surface area contributed by atoms with Gasteiger partial charge in [0.15, 0.2) is 0 Å². The van der Waals surface area contributed by atoms with Gasteiger partial charge in [-0.05, 0) is 63.1 Å². The van der Waals surface area contributed by atoms with E-state index in [2.05, 4.69) is 69.1 Å². The van der Waals surface area contributed by atoms with Crippen LogP contribution in [0.1, 0.15) is 59.4 Å². The normalized spacial score (nSPS) is 19.4. The second-order valence-corrected chi connectivity index (χ2v) is 8.27. The molecule has 0 radical (unpaired) electrons. The maximum atomic E-state index is 3.54. The summed E-state index contributed by atoms with van der Waals surface area (Å²) in [7, 11) is 0. The van der Waals surface area contributed by atoms with E-state index in [-0.39, 0.29) is 5.54 Å². The minimum absolute atomic E-state index is 0.176. The highest BCUT2D eigenvalue weighted by Gasteiger charge is 2.23. The van der Waals surface area contributed by atoms with Crippen LogP contribution in [0.3, 0.4) is 0 Å². The van der Waals surface area contributed by atoms with Gasteiger partial charge in [0.05, 0.1) is 0 Å². The van der Waals surface area contributed by atoms with E-state index in [4.69, 9.17) is 0 Å². The third-order valence-electron chi connectivity index (χ3n) is 4.46. The number of hydrogen-bond acceptors (Lipinski definition) is 2. The second-order valence-electron chi connectivity index (χ2n) is 8.27. The van der Waals surface area contributed by atoms with Crippen LogP contribution in [0.4, 0.5) is 5.69 Å². The molecule has 1 aromatic rings. The molecule has 2 heteroatoms. The summed E-state index contributed by atoms with van der Waals surface area (Å²) in [6.45, 7) is 14.8. The van der Waals surface area contributed by atoms with Crippen molar-refractivity contribution in [3.8, 4) is 0 Å². The molecule has 1 saturated heterocycles. The van der Waals surface area contributed by atoms with Crippen molar-refractivity contribution in [1.29, 1.82) is 0 Å². The molecule has 1 aliphatic rings. The highest BCUT2D eigenvalue weighted by Crippen LogP contribution is 2.31. The summed E-state index contributed by atoms with van der Waals surface area (Å²) in [6, 6.07) is 9.12. The minimum Gasteiger partial charge on any atom is -0.372 e. The molecule has 0 unspecified atom stereocenters. The molecule has 1 N–H and O–H groups in total. The third kappa shape index (κ3) is 5.35. The van der Waals surface area contributed by atoms with E-state index in [0.29, 0.717) is 5.41 Å². The summed E-state index contributed by atoms with van der Waals surface area (Å²) in [4.78, 5) is 2.55. The lowest BCUT2D eigenvalue weighted by Gasteiger charge is -2.25. The van der Waals surface area contributed by atoms with Gasteiger partial charge < -0.3 is 10.2 Å². The maximum absolute atomic E-state index is 3.54. The molecule has 2 nitrogen and oxygen atoms in total. The Morgan fingerprint density at radius 1 is 1.05 bits per heavy atom. The fourth-order valence-corrected chi connectivity index (χ4v) is 2.87. The van der Waals surface area contributed by atoms with Crippen LogP contribution < -0.4 is 10.2 Å². The van der Waals surface area contributed by atoms with Crippen LogP contribution >= 0.6 is 0 Å². The van der Waals surface area contributed by atoms with Crippen LogP contribution in [0.15, 0.2) is 24.3 Å². The Kier molecular flexibility index (Phi) is 4.98. The fourth-order valence-electron chi connectivity index (χ4n) is 2.87. The topological polar surface area (TPSA) is 15.3 Å². The number of nitrogens with one attached hydrogen (secondary N) is 1. The first-order valence-electron chi connectivity index (χ1n) is 8.34. The van der Waals surface area contributed by atoms with E-state index in [1.165, 1.54) is 43.6 Å². The average molecular weight is 288 g/mol. The molecule has 2 rings (SSSR count). The van der Waals surface area contributed by atoms with Crippen molar-refractivity contribution < 1.29 is 0 Å². The van der Waals surface area contributed by atoms with Gasteiger partial charge in [0.25, 0.3) is 0 Å². The zero-order valence-electron chi connectivity index (χ0n) is 14.5. The van der Waals surface area contributed by atoms with Gasteiger partial charge in [-0.3, -0.25) is 0 Å². The van der Waals surface area contributed by atoms with Crippen molar-refractivity contribution in [2.75, 3.05) is 18.0 Å². The van der Waals surface area contributed by atoms with Crippen LogP contribution in [0, 0.1) is 5.41 Å². The summed E-state index contributed by atoms with van der Waals surface area (Å²) in [5, 5.41) is 3.54. The molecule has 0 aliphatic carbocycles. The molecule has 21 heavy (non-hydrogen) atoms. The maximum Gasteiger partial charge on any atom is 0.0366 e. The SMILES string of the molecule is CC1(C)CCCN(c2ccc(CNC(C)(C)C)cc2)CC1. The van der Waals surface area contributed by atoms with E-state index in [1.54, 1.807) is 0 Å². The number of benzene rings is 1. The first kappa shape index (κ1) is 16.4. The monoisotopic (exact) mass is 288 g/mol. The lowest BCUT2D eigenvalue weighted by Crippen LogP contribution is -2.35. The highest BCUT2D eigenvalue weighted by atomic mass is 15.1. The van der Waals surface area contributed by atoms with E-state index < -0.39 is 0 Å². The zero-order valence-corrected chi connectivity index (χ0v) is 14.5. The third-order valence-corrected chi connectivity index (χ3v) is 4.46. The molecular weight excluding hydrogens is 256 g/mol. The number of hydrogen-bond donors (Lipinski definition) is 1. The Bertz CT molecular complexity index is 440. The predicted molar refractivity (Wildman–Crippen MR) is 92.9 cm³/mol. The van der Waals surface area contributed by atoms with Crippen LogP contribution in [0.5, 0.6) is 0 Å². The second kappa shape index (κ2) is 6.39. The summed E-state index contributed by atoms with van der Waals surface area (Å²) < 4.78 is 0. The van der Waals surface area contributed by atoms with E-state index >= 15 is 0 Å². The van der Waals surface area contributed by atoms with Gasteiger partial charge in [-0.1, -0.05) is 26.0 Å². The predicted octanol–water partition coefficient (Wildman–Crippen LogP) is 4.59. The molecule has 1 aliphatic heterocycles. The van der Waals surface area contributed by atoms with Crippen molar-refractivity contribution in [2.24, 2.45) is 5.41 Å². The molecule has 0 atom stereocenters. The Hall–Kier alpha value is -1.02. The van der Waals surface area contributed by atoms with Gasteiger partial charge in [-0.25, -0.2) is 0 Å². The van der Waals surface area contributed by atoms with Crippen LogP contribution in [0.2, 0.25) is 0 Å². The first-order chi connectivity index (χ1) is 9.75. The largest absolute Gasteiger partial charge is 0.372 e. The fraction of sp³-hybridized carbons (Fsp3) is 0.684. The minimum atomic E-state index is 0.176. The first-order valence-corrected chi connectivity index (χ1v) is 8.34.